The number of para-hydroxylation sites is 2. The number of fused-ring (bicyclic) bond motifs is 1. The molecule has 0 bridgehead atoms. The van der Waals surface area contributed by atoms with Gasteiger partial charge in [0, 0.05) is 18.0 Å². The highest BCUT2D eigenvalue weighted by molar-refractivity contribution is 6.24. The van der Waals surface area contributed by atoms with E-state index < -0.39 is 0 Å². The molecule has 0 fully saturated rings. The quantitative estimate of drug-likeness (QED) is 0.857. The van der Waals surface area contributed by atoms with Crippen molar-refractivity contribution in [2.75, 3.05) is 5.32 Å². The van der Waals surface area contributed by atoms with Gasteiger partial charge in [-0.25, -0.2) is 0 Å². The lowest BCUT2D eigenvalue weighted by atomic mass is 9.83. The van der Waals surface area contributed by atoms with Crippen LogP contribution in [0.2, 0.25) is 0 Å². The molecule has 1 aliphatic heterocycles. The average molecular weight is 292 g/mol. The average Bonchev–Trinajstić information content (AvgIpc) is 2.98. The first-order valence-electron chi connectivity index (χ1n) is 7.44. The van der Waals surface area contributed by atoms with Gasteiger partial charge >= 0.3 is 0 Å². The number of Topliss-reactive ketones (excluding diaryl/α,β-unsaturated/α-hetero) is 1. The number of rotatable bonds is 1. The van der Waals surface area contributed by atoms with Gasteiger partial charge < -0.3 is 9.73 Å². The topological polar surface area (TPSA) is 54.6 Å². The zero-order valence-corrected chi connectivity index (χ0v) is 12.3. The van der Waals surface area contributed by atoms with Crippen LogP contribution in [-0.2, 0) is 4.79 Å². The van der Waals surface area contributed by atoms with Crippen LogP contribution in [0.15, 0.2) is 63.3 Å². The lowest BCUT2D eigenvalue weighted by Gasteiger charge is -2.25. The van der Waals surface area contributed by atoms with Crippen LogP contribution in [-0.4, -0.2) is 11.5 Å². The van der Waals surface area contributed by atoms with Gasteiger partial charge in [-0.05, 0) is 37.6 Å². The van der Waals surface area contributed by atoms with E-state index in [0.717, 1.165) is 40.5 Å². The fraction of sp³-hybridized carbons (Fsp3) is 0.222. The van der Waals surface area contributed by atoms with Crippen LogP contribution in [0, 0.1) is 0 Å². The number of nitrogens with zero attached hydrogens (tertiary/aromatic N) is 1. The number of hydrogen-bond donors (Lipinski definition) is 1. The summed E-state index contributed by atoms with van der Waals surface area (Å²) in [7, 11) is 0. The van der Waals surface area contributed by atoms with E-state index in [0.29, 0.717) is 6.42 Å². The Bertz CT molecular complexity index is 800. The second kappa shape index (κ2) is 4.98. The zero-order valence-electron chi connectivity index (χ0n) is 12.3. The molecule has 1 atom stereocenters. The van der Waals surface area contributed by atoms with Crippen LogP contribution >= 0.6 is 0 Å². The van der Waals surface area contributed by atoms with Crippen molar-refractivity contribution in [1.82, 2.24) is 0 Å². The molecule has 2 aromatic rings. The number of ketones is 1. The highest BCUT2D eigenvalue weighted by Crippen LogP contribution is 2.39. The van der Waals surface area contributed by atoms with Gasteiger partial charge in [0.15, 0.2) is 5.78 Å². The van der Waals surface area contributed by atoms with Crippen molar-refractivity contribution in [3.8, 4) is 0 Å². The first-order valence-corrected chi connectivity index (χ1v) is 7.44. The van der Waals surface area contributed by atoms with Crippen molar-refractivity contribution in [1.29, 1.82) is 0 Å². The van der Waals surface area contributed by atoms with E-state index in [1.807, 2.05) is 43.3 Å². The van der Waals surface area contributed by atoms with Gasteiger partial charge in [-0.2, -0.15) is 0 Å². The maximum absolute atomic E-state index is 12.6. The summed E-state index contributed by atoms with van der Waals surface area (Å²) in [6.45, 7) is 1.91. The third-order valence-electron chi connectivity index (χ3n) is 4.25. The fourth-order valence-electron chi connectivity index (χ4n) is 3.25. The summed E-state index contributed by atoms with van der Waals surface area (Å²) < 4.78 is 5.50. The van der Waals surface area contributed by atoms with E-state index in [-0.39, 0.29) is 11.7 Å². The summed E-state index contributed by atoms with van der Waals surface area (Å²) >= 11 is 0. The summed E-state index contributed by atoms with van der Waals surface area (Å²) in [5.41, 5.74) is 4.29. The van der Waals surface area contributed by atoms with Crippen LogP contribution in [0.1, 0.15) is 31.4 Å². The zero-order chi connectivity index (χ0) is 15.1. The van der Waals surface area contributed by atoms with Crippen molar-refractivity contribution >= 4 is 22.9 Å². The largest absolute Gasteiger partial charge is 0.469 e. The molecule has 2 heterocycles. The lowest BCUT2D eigenvalue weighted by Crippen LogP contribution is -2.24. The van der Waals surface area contributed by atoms with E-state index in [1.165, 1.54) is 0 Å². The second-order valence-electron chi connectivity index (χ2n) is 5.74. The number of furan rings is 1. The SMILES string of the molecule is CC1=Nc2ccccc2NC2=C1C(=O)CC(c1ccco1)C2. The van der Waals surface area contributed by atoms with Crippen LogP contribution < -0.4 is 5.32 Å². The van der Waals surface area contributed by atoms with Crippen molar-refractivity contribution in [2.24, 2.45) is 4.99 Å². The maximum atomic E-state index is 12.6. The molecule has 0 amide bonds. The summed E-state index contributed by atoms with van der Waals surface area (Å²) in [6.07, 6.45) is 2.89. The first kappa shape index (κ1) is 13.1. The summed E-state index contributed by atoms with van der Waals surface area (Å²) in [5, 5.41) is 3.42. The molecule has 0 saturated carbocycles. The highest BCUT2D eigenvalue weighted by atomic mass is 16.3. The van der Waals surface area contributed by atoms with Crippen molar-refractivity contribution < 1.29 is 9.21 Å². The molecular weight excluding hydrogens is 276 g/mol. The van der Waals surface area contributed by atoms with Crippen LogP contribution in [0.3, 0.4) is 0 Å². The number of nitrogens with one attached hydrogen (secondary N) is 1. The van der Waals surface area contributed by atoms with Crippen LogP contribution in [0.4, 0.5) is 11.4 Å². The molecule has 1 aromatic carbocycles. The molecular formula is C18H16N2O2. The van der Waals surface area contributed by atoms with E-state index in [2.05, 4.69) is 10.3 Å². The van der Waals surface area contributed by atoms with Gasteiger partial charge in [-0.1, -0.05) is 12.1 Å². The molecule has 22 heavy (non-hydrogen) atoms. The minimum absolute atomic E-state index is 0.0896. The standard InChI is InChI=1S/C18H16N2O2/c1-11-18-15(20-14-6-3-2-5-13(14)19-11)9-12(10-16(18)21)17-7-4-8-22-17/h2-8,12,20H,9-10H2,1H3. The number of carbonyl (C=O) groups excluding carboxylic acids is 1. The summed E-state index contributed by atoms with van der Waals surface area (Å²) in [5.74, 6) is 1.09. The predicted molar refractivity (Wildman–Crippen MR) is 85.5 cm³/mol. The molecule has 110 valence electrons. The Hall–Kier alpha value is -2.62. The van der Waals surface area contributed by atoms with E-state index >= 15 is 0 Å². The predicted octanol–water partition coefficient (Wildman–Crippen LogP) is 4.20. The highest BCUT2D eigenvalue weighted by Gasteiger charge is 2.32. The summed E-state index contributed by atoms with van der Waals surface area (Å²) in [6, 6.07) is 11.7. The molecule has 0 spiro atoms. The number of hydrogen-bond acceptors (Lipinski definition) is 4. The molecule has 1 aromatic heterocycles. The third kappa shape index (κ3) is 2.08. The van der Waals surface area contributed by atoms with Crippen LogP contribution in [0.5, 0.6) is 0 Å². The molecule has 1 N–H and O–H groups in total. The molecule has 4 heteroatoms. The number of aliphatic imine (C=N–C) groups is 1. The van der Waals surface area contributed by atoms with Crippen LogP contribution in [0.25, 0.3) is 0 Å². The minimum atomic E-state index is 0.0896. The third-order valence-corrected chi connectivity index (χ3v) is 4.25. The molecule has 0 saturated heterocycles. The van der Waals surface area contributed by atoms with E-state index in [4.69, 9.17) is 4.42 Å². The smallest absolute Gasteiger partial charge is 0.167 e. The fourth-order valence-corrected chi connectivity index (χ4v) is 3.25. The van der Waals surface area contributed by atoms with E-state index in [9.17, 15) is 4.79 Å². The van der Waals surface area contributed by atoms with Gasteiger partial charge in [-0.3, -0.25) is 9.79 Å². The Kier molecular flexibility index (Phi) is 2.96. The van der Waals surface area contributed by atoms with Gasteiger partial charge in [0.1, 0.15) is 5.76 Å². The van der Waals surface area contributed by atoms with Gasteiger partial charge in [0.2, 0.25) is 0 Å². The Labute approximate surface area is 128 Å². The number of anilines is 1. The Balaban J connectivity index is 1.78. The normalized spacial score (nSPS) is 20.7. The molecule has 2 aliphatic rings. The molecule has 1 unspecified atom stereocenters. The first-order chi connectivity index (χ1) is 10.7. The van der Waals surface area contributed by atoms with Gasteiger partial charge in [0.25, 0.3) is 0 Å². The molecule has 4 rings (SSSR count). The Morgan fingerprint density at radius 1 is 1.18 bits per heavy atom. The number of benzene rings is 1. The lowest BCUT2D eigenvalue weighted by molar-refractivity contribution is -0.116. The minimum Gasteiger partial charge on any atom is -0.469 e. The van der Waals surface area contributed by atoms with Crippen molar-refractivity contribution in [3.63, 3.8) is 0 Å². The van der Waals surface area contributed by atoms with Crippen molar-refractivity contribution in [3.05, 3.63) is 59.7 Å². The molecule has 0 radical (unpaired) electrons. The Morgan fingerprint density at radius 3 is 2.86 bits per heavy atom. The Morgan fingerprint density at radius 2 is 2.05 bits per heavy atom. The molecule has 4 nitrogen and oxygen atoms in total. The van der Waals surface area contributed by atoms with Gasteiger partial charge in [0.05, 0.1) is 28.9 Å². The molecule has 1 aliphatic carbocycles. The van der Waals surface area contributed by atoms with Gasteiger partial charge in [-0.15, -0.1) is 0 Å². The second-order valence-corrected chi connectivity index (χ2v) is 5.74. The van der Waals surface area contributed by atoms with E-state index in [1.54, 1.807) is 6.26 Å². The van der Waals surface area contributed by atoms with Crippen molar-refractivity contribution in [2.45, 2.75) is 25.7 Å². The monoisotopic (exact) mass is 292 g/mol. The number of allylic oxidation sites excluding steroid dienone is 2. The maximum Gasteiger partial charge on any atom is 0.167 e. The summed E-state index contributed by atoms with van der Waals surface area (Å²) in [4.78, 5) is 17.2. The number of carbonyl (C=O) groups is 1.